The van der Waals surface area contributed by atoms with Gasteiger partial charge in [-0.2, -0.15) is 0 Å². The number of epoxide rings is 2. The summed E-state index contributed by atoms with van der Waals surface area (Å²) in [5, 5.41) is 0. The van der Waals surface area contributed by atoms with Gasteiger partial charge in [0.05, 0.1) is 37.6 Å². The summed E-state index contributed by atoms with van der Waals surface area (Å²) < 4.78 is 21.9. The van der Waals surface area contributed by atoms with Gasteiger partial charge in [-0.15, -0.1) is 0 Å². The number of methoxy groups -OCH3 is 2. The molecule has 33 heavy (non-hydrogen) atoms. The van der Waals surface area contributed by atoms with E-state index in [1.54, 1.807) is 14.2 Å². The third kappa shape index (κ3) is 7.44. The summed E-state index contributed by atoms with van der Waals surface area (Å²) in [5.74, 6) is 0. The van der Waals surface area contributed by atoms with Crippen LogP contribution in [-0.2, 0) is 25.4 Å². The lowest BCUT2D eigenvalue weighted by Crippen LogP contribution is -2.35. The van der Waals surface area contributed by atoms with Crippen LogP contribution < -0.4 is 9.80 Å². The van der Waals surface area contributed by atoms with Crippen LogP contribution in [0.15, 0.2) is 48.5 Å². The number of ether oxygens (including phenoxy) is 4. The van der Waals surface area contributed by atoms with Crippen molar-refractivity contribution in [2.75, 3.05) is 63.4 Å². The number of benzene rings is 2. The van der Waals surface area contributed by atoms with Crippen molar-refractivity contribution >= 4 is 11.4 Å². The smallest absolute Gasteiger partial charge is 0.0984 e. The number of nitrogens with zero attached hydrogens (tertiary/aromatic N) is 2. The largest absolute Gasteiger partial charge is 0.380 e. The molecule has 2 aliphatic heterocycles. The molecular weight excluding hydrogens is 416 g/mol. The second-order valence-electron chi connectivity index (χ2n) is 9.32. The maximum Gasteiger partial charge on any atom is 0.0984 e. The number of anilines is 2. The highest BCUT2D eigenvalue weighted by Gasteiger charge is 2.27. The van der Waals surface area contributed by atoms with E-state index in [1.165, 1.54) is 22.5 Å². The monoisotopic (exact) mass is 454 g/mol. The van der Waals surface area contributed by atoms with Crippen LogP contribution in [0.4, 0.5) is 11.4 Å². The Morgan fingerprint density at radius 3 is 1.39 bits per heavy atom. The van der Waals surface area contributed by atoms with Crippen molar-refractivity contribution in [1.29, 1.82) is 0 Å². The van der Waals surface area contributed by atoms with Gasteiger partial charge in [0.2, 0.25) is 0 Å². The van der Waals surface area contributed by atoms with Crippen molar-refractivity contribution in [2.45, 2.75) is 44.7 Å². The average Bonchev–Trinajstić information content (AvgIpc) is 3.76. The van der Waals surface area contributed by atoms with E-state index in [2.05, 4.69) is 72.2 Å². The van der Waals surface area contributed by atoms with Gasteiger partial charge in [0.1, 0.15) is 0 Å². The third-order valence-electron chi connectivity index (χ3n) is 6.42. The van der Waals surface area contributed by atoms with Crippen LogP contribution in [0.3, 0.4) is 0 Å². The van der Waals surface area contributed by atoms with E-state index >= 15 is 0 Å². The normalized spacial score (nSPS) is 20.8. The number of hydrogen-bond donors (Lipinski definition) is 0. The molecule has 0 radical (unpaired) electrons. The van der Waals surface area contributed by atoms with Crippen LogP contribution in [0, 0.1) is 0 Å². The topological polar surface area (TPSA) is 50.0 Å². The van der Waals surface area contributed by atoms with Gasteiger partial charge in [-0.25, -0.2) is 0 Å². The molecule has 0 spiro atoms. The maximum absolute atomic E-state index is 5.49. The Morgan fingerprint density at radius 2 is 1.09 bits per heavy atom. The Kier molecular flexibility index (Phi) is 8.25. The van der Waals surface area contributed by atoms with E-state index in [-0.39, 0.29) is 12.2 Å². The van der Waals surface area contributed by atoms with E-state index in [9.17, 15) is 0 Å². The van der Waals surface area contributed by atoms with Gasteiger partial charge in [-0.05, 0) is 55.7 Å². The van der Waals surface area contributed by atoms with Gasteiger partial charge in [-0.3, -0.25) is 0 Å². The SMILES string of the molecule is COC(C)CN(CC1CO1)c1ccc(Cc2ccc(N(CC(C)OC)C[C@@H]3CO3)cc2)cc1. The Morgan fingerprint density at radius 1 is 0.727 bits per heavy atom. The Balaban J connectivity index is 1.37. The van der Waals surface area contributed by atoms with Gasteiger partial charge in [0.15, 0.2) is 0 Å². The van der Waals surface area contributed by atoms with Crippen LogP contribution in [0.5, 0.6) is 0 Å². The van der Waals surface area contributed by atoms with E-state index in [4.69, 9.17) is 18.9 Å². The molecule has 3 unspecified atom stereocenters. The van der Waals surface area contributed by atoms with E-state index < -0.39 is 0 Å². The lowest BCUT2D eigenvalue weighted by molar-refractivity contribution is 0.122. The highest BCUT2D eigenvalue weighted by atomic mass is 16.6. The van der Waals surface area contributed by atoms with Crippen molar-refractivity contribution in [3.05, 3.63) is 59.7 Å². The van der Waals surface area contributed by atoms with E-state index in [0.29, 0.717) is 12.2 Å². The summed E-state index contributed by atoms with van der Waals surface area (Å²) in [7, 11) is 3.53. The molecule has 2 aliphatic rings. The molecule has 2 aromatic carbocycles. The second-order valence-corrected chi connectivity index (χ2v) is 9.32. The third-order valence-corrected chi connectivity index (χ3v) is 6.42. The molecule has 0 aromatic heterocycles. The standard InChI is InChI=1S/C27H38N2O4/c1-20(30-3)14-28(16-26-18-32-26)24-9-5-22(6-10-24)13-23-7-11-25(12-8-23)29(15-21(2)31-4)17-27-19-33-27/h5-12,20-21,26-27H,13-19H2,1-4H3/t20?,21?,26-,27?/m1/s1. The van der Waals surface area contributed by atoms with Crippen LogP contribution in [0.2, 0.25) is 0 Å². The van der Waals surface area contributed by atoms with Gasteiger partial charge in [0, 0.05) is 51.8 Å². The van der Waals surface area contributed by atoms with Gasteiger partial charge >= 0.3 is 0 Å². The van der Waals surface area contributed by atoms with Crippen molar-refractivity contribution in [3.8, 4) is 0 Å². The van der Waals surface area contributed by atoms with Crippen LogP contribution >= 0.6 is 0 Å². The molecule has 0 aliphatic carbocycles. The zero-order chi connectivity index (χ0) is 23.2. The minimum absolute atomic E-state index is 0.180. The number of hydrogen-bond acceptors (Lipinski definition) is 6. The molecule has 4 rings (SSSR count). The van der Waals surface area contributed by atoms with E-state index in [0.717, 1.165) is 45.8 Å². The molecule has 2 fully saturated rings. The van der Waals surface area contributed by atoms with Gasteiger partial charge < -0.3 is 28.7 Å². The zero-order valence-corrected chi connectivity index (χ0v) is 20.4. The molecule has 180 valence electrons. The molecule has 6 nitrogen and oxygen atoms in total. The van der Waals surface area contributed by atoms with Crippen LogP contribution in [-0.4, -0.2) is 78.0 Å². The van der Waals surface area contributed by atoms with E-state index in [1.807, 2.05) is 0 Å². The molecule has 0 bridgehead atoms. The fourth-order valence-corrected chi connectivity index (χ4v) is 4.06. The minimum Gasteiger partial charge on any atom is -0.380 e. The second kappa shape index (κ2) is 11.3. The summed E-state index contributed by atoms with van der Waals surface area (Å²) in [4.78, 5) is 4.73. The van der Waals surface area contributed by atoms with Crippen LogP contribution in [0.1, 0.15) is 25.0 Å². The molecule has 0 amide bonds. The summed E-state index contributed by atoms with van der Waals surface area (Å²) in [6.07, 6.45) is 1.98. The quantitative estimate of drug-likeness (QED) is 0.405. The van der Waals surface area contributed by atoms with Gasteiger partial charge in [0.25, 0.3) is 0 Å². The summed E-state index contributed by atoms with van der Waals surface area (Å²) >= 11 is 0. The van der Waals surface area contributed by atoms with Crippen molar-refractivity contribution in [2.24, 2.45) is 0 Å². The molecule has 2 saturated heterocycles. The molecule has 0 N–H and O–H groups in total. The Hall–Kier alpha value is -2.12. The number of rotatable bonds is 14. The molecule has 6 heteroatoms. The van der Waals surface area contributed by atoms with Crippen molar-refractivity contribution < 1.29 is 18.9 Å². The fourth-order valence-electron chi connectivity index (χ4n) is 4.06. The fraction of sp³-hybridized carbons (Fsp3) is 0.556. The molecule has 0 saturated carbocycles. The maximum atomic E-state index is 5.49. The predicted octanol–water partition coefficient (Wildman–Crippen LogP) is 3.76. The first-order chi connectivity index (χ1) is 16.0. The first kappa shape index (κ1) is 24.0. The minimum atomic E-state index is 0.180. The summed E-state index contributed by atoms with van der Waals surface area (Å²) in [6, 6.07) is 17.8. The highest BCUT2D eigenvalue weighted by Crippen LogP contribution is 2.24. The molecule has 2 aromatic rings. The summed E-state index contributed by atoms with van der Waals surface area (Å²) in [6.45, 7) is 9.49. The Labute approximate surface area is 198 Å². The molecular formula is C27H38N2O4. The van der Waals surface area contributed by atoms with Crippen molar-refractivity contribution in [1.82, 2.24) is 0 Å². The Bertz CT molecular complexity index is 778. The molecule has 4 atom stereocenters. The summed E-state index contributed by atoms with van der Waals surface area (Å²) in [5.41, 5.74) is 5.06. The lowest BCUT2D eigenvalue weighted by Gasteiger charge is -2.27. The van der Waals surface area contributed by atoms with Crippen molar-refractivity contribution in [3.63, 3.8) is 0 Å². The average molecular weight is 455 g/mol. The highest BCUT2D eigenvalue weighted by molar-refractivity contribution is 5.51. The predicted molar refractivity (Wildman–Crippen MR) is 133 cm³/mol. The first-order valence-corrected chi connectivity index (χ1v) is 12.0. The van der Waals surface area contributed by atoms with Crippen LogP contribution in [0.25, 0.3) is 0 Å². The zero-order valence-electron chi connectivity index (χ0n) is 20.4. The first-order valence-electron chi connectivity index (χ1n) is 12.0. The van der Waals surface area contributed by atoms with Gasteiger partial charge in [-0.1, -0.05) is 24.3 Å². The molecule has 2 heterocycles. The lowest BCUT2D eigenvalue weighted by atomic mass is 10.0.